The first-order valence-electron chi connectivity index (χ1n) is 12.0. The van der Waals surface area contributed by atoms with Crippen molar-refractivity contribution >= 4 is 28.8 Å². The third-order valence-electron chi connectivity index (χ3n) is 5.93. The molecule has 0 atom stereocenters. The molecule has 0 radical (unpaired) electrons. The topological polar surface area (TPSA) is 65.7 Å². The van der Waals surface area contributed by atoms with Gasteiger partial charge in [-0.15, -0.1) is 0 Å². The van der Waals surface area contributed by atoms with Crippen molar-refractivity contribution < 1.29 is 27.9 Å². The van der Waals surface area contributed by atoms with Gasteiger partial charge in [-0.3, -0.25) is 4.79 Å². The monoisotopic (exact) mass is 506 g/mol. The quantitative estimate of drug-likeness (QED) is 0.0940. The molecule has 38 heavy (non-hydrogen) atoms. The van der Waals surface area contributed by atoms with Crippen molar-refractivity contribution in [1.29, 1.82) is 0 Å². The summed E-state index contributed by atoms with van der Waals surface area (Å²) in [6.45, 7) is 2.10. The van der Waals surface area contributed by atoms with E-state index in [-0.39, 0.29) is 11.6 Å². The molecular weight excluding hydrogens is 483 g/mol. The maximum Gasteiger partial charge on any atom is 0.347 e. The van der Waals surface area contributed by atoms with Crippen molar-refractivity contribution in [3.8, 4) is 11.5 Å². The molecule has 0 fully saturated rings. The van der Waals surface area contributed by atoms with Gasteiger partial charge in [0.25, 0.3) is 0 Å². The van der Waals surface area contributed by atoms with Crippen LogP contribution in [0.1, 0.15) is 37.6 Å². The number of aryl methyl sites for hydroxylation is 1. The van der Waals surface area contributed by atoms with Crippen molar-refractivity contribution in [3.05, 3.63) is 137 Å². The number of esters is 1. The summed E-state index contributed by atoms with van der Waals surface area (Å²) in [6, 6.07) is 27.2. The van der Waals surface area contributed by atoms with E-state index in [9.17, 15) is 14.0 Å². The third kappa shape index (κ3) is 5.71. The first-order chi connectivity index (χ1) is 18.5. The van der Waals surface area contributed by atoms with Crippen molar-refractivity contribution in [1.82, 2.24) is 0 Å². The lowest BCUT2D eigenvalue weighted by Crippen LogP contribution is -2.09. The van der Waals surface area contributed by atoms with Crippen LogP contribution in [0.2, 0.25) is 0 Å². The molecule has 0 aliphatic carbocycles. The zero-order valence-corrected chi connectivity index (χ0v) is 20.5. The lowest BCUT2D eigenvalue weighted by Gasteiger charge is -2.07. The summed E-state index contributed by atoms with van der Waals surface area (Å²) in [5.74, 6) is 0.188. The van der Waals surface area contributed by atoms with Gasteiger partial charge in [0, 0.05) is 10.9 Å². The molecule has 0 N–H and O–H groups in total. The molecular formula is C32H23FO5. The summed E-state index contributed by atoms with van der Waals surface area (Å²) in [4.78, 5) is 25.6. The van der Waals surface area contributed by atoms with Crippen LogP contribution in [0.5, 0.6) is 11.5 Å². The Kier molecular flexibility index (Phi) is 7.13. The van der Waals surface area contributed by atoms with Crippen LogP contribution in [0.3, 0.4) is 0 Å². The second-order valence-electron chi connectivity index (χ2n) is 8.63. The summed E-state index contributed by atoms with van der Waals surface area (Å²) in [5.41, 5.74) is 3.03. The number of allylic oxidation sites excluding steroid dienone is 1. The van der Waals surface area contributed by atoms with E-state index in [4.69, 9.17) is 13.9 Å². The molecule has 1 heterocycles. The standard InChI is InChI=1S/C32H23FO5/c1-21-31(28-19-27(16-18-30(28)37-21)36-20-23-5-3-2-4-6-23)32(35)38-26-14-10-24(11-15-26)29(34)17-9-22-7-12-25(33)13-8-22/h2-19H,20H2,1H3/b17-9+. The lowest BCUT2D eigenvalue weighted by molar-refractivity contribution is 0.0734. The van der Waals surface area contributed by atoms with E-state index in [1.165, 1.54) is 18.2 Å². The number of benzene rings is 4. The Labute approximate surface area is 218 Å². The van der Waals surface area contributed by atoms with E-state index in [2.05, 4.69) is 0 Å². The summed E-state index contributed by atoms with van der Waals surface area (Å²) in [6.07, 6.45) is 3.02. The molecule has 0 aliphatic rings. The lowest BCUT2D eigenvalue weighted by atomic mass is 10.1. The number of furan rings is 1. The molecule has 4 aromatic carbocycles. The number of rotatable bonds is 8. The van der Waals surface area contributed by atoms with Crippen LogP contribution in [-0.2, 0) is 6.61 Å². The Balaban J connectivity index is 1.28. The van der Waals surface area contributed by atoms with Gasteiger partial charge < -0.3 is 13.9 Å². The number of halogens is 1. The first kappa shape index (κ1) is 24.7. The minimum Gasteiger partial charge on any atom is -0.489 e. The summed E-state index contributed by atoms with van der Waals surface area (Å²) in [7, 11) is 0. The number of carbonyl (C=O) groups excluding carboxylic acids is 2. The highest BCUT2D eigenvalue weighted by Crippen LogP contribution is 2.30. The number of ether oxygens (including phenoxy) is 2. The van der Waals surface area contributed by atoms with Crippen LogP contribution >= 0.6 is 0 Å². The van der Waals surface area contributed by atoms with Gasteiger partial charge in [-0.25, -0.2) is 9.18 Å². The second-order valence-corrected chi connectivity index (χ2v) is 8.63. The van der Waals surface area contributed by atoms with Gasteiger partial charge >= 0.3 is 5.97 Å². The number of ketones is 1. The highest BCUT2D eigenvalue weighted by molar-refractivity contribution is 6.07. The van der Waals surface area contributed by atoms with Crippen molar-refractivity contribution in [2.45, 2.75) is 13.5 Å². The highest BCUT2D eigenvalue weighted by atomic mass is 19.1. The van der Waals surface area contributed by atoms with Gasteiger partial charge in [0.05, 0.1) is 0 Å². The predicted octanol–water partition coefficient (Wildman–Crippen LogP) is 7.57. The number of hydrogen-bond acceptors (Lipinski definition) is 5. The molecule has 5 aromatic rings. The second kappa shape index (κ2) is 11.0. The predicted molar refractivity (Wildman–Crippen MR) is 143 cm³/mol. The fourth-order valence-electron chi connectivity index (χ4n) is 3.97. The maximum absolute atomic E-state index is 13.1. The molecule has 0 aliphatic heterocycles. The van der Waals surface area contributed by atoms with E-state index in [0.717, 1.165) is 5.56 Å². The van der Waals surface area contributed by atoms with E-state index < -0.39 is 5.97 Å². The van der Waals surface area contributed by atoms with Gasteiger partial charge in [-0.2, -0.15) is 0 Å². The molecule has 0 spiro atoms. The molecule has 188 valence electrons. The van der Waals surface area contributed by atoms with Crippen LogP contribution in [0.4, 0.5) is 4.39 Å². The molecule has 0 saturated carbocycles. The average molecular weight is 507 g/mol. The number of carbonyl (C=O) groups is 2. The Morgan fingerprint density at radius 1 is 0.868 bits per heavy atom. The van der Waals surface area contributed by atoms with E-state index >= 15 is 0 Å². The first-order valence-corrected chi connectivity index (χ1v) is 12.0. The summed E-state index contributed by atoms with van der Waals surface area (Å²) < 4.78 is 30.3. The van der Waals surface area contributed by atoms with Gasteiger partial charge in [-0.05, 0) is 78.7 Å². The van der Waals surface area contributed by atoms with Crippen LogP contribution in [-0.4, -0.2) is 11.8 Å². The van der Waals surface area contributed by atoms with E-state index in [1.54, 1.807) is 67.6 Å². The molecule has 6 heteroatoms. The highest BCUT2D eigenvalue weighted by Gasteiger charge is 2.21. The Hall–Kier alpha value is -4.97. The fraction of sp³-hybridized carbons (Fsp3) is 0.0625. The van der Waals surface area contributed by atoms with Crippen molar-refractivity contribution in [3.63, 3.8) is 0 Å². The van der Waals surface area contributed by atoms with Gasteiger partial charge in [-0.1, -0.05) is 48.5 Å². The third-order valence-corrected chi connectivity index (χ3v) is 5.93. The molecule has 0 amide bonds. The zero-order valence-electron chi connectivity index (χ0n) is 20.5. The van der Waals surface area contributed by atoms with Gasteiger partial charge in [0.15, 0.2) is 5.78 Å². The van der Waals surface area contributed by atoms with E-state index in [1.807, 2.05) is 30.3 Å². The fourth-order valence-corrected chi connectivity index (χ4v) is 3.97. The van der Waals surface area contributed by atoms with Crippen molar-refractivity contribution in [2.75, 3.05) is 0 Å². The summed E-state index contributed by atoms with van der Waals surface area (Å²) in [5, 5.41) is 0.593. The minimum absolute atomic E-state index is 0.230. The smallest absolute Gasteiger partial charge is 0.347 e. The molecule has 5 rings (SSSR count). The van der Waals surface area contributed by atoms with Crippen LogP contribution in [0.15, 0.2) is 108 Å². The number of fused-ring (bicyclic) bond motifs is 1. The minimum atomic E-state index is -0.572. The number of hydrogen-bond donors (Lipinski definition) is 0. The molecule has 1 aromatic heterocycles. The van der Waals surface area contributed by atoms with Gasteiger partial charge in [0.1, 0.15) is 40.8 Å². The normalized spacial score (nSPS) is 11.1. The zero-order chi connectivity index (χ0) is 26.5. The largest absolute Gasteiger partial charge is 0.489 e. The van der Waals surface area contributed by atoms with E-state index in [0.29, 0.717) is 51.5 Å². The molecule has 0 unspecified atom stereocenters. The van der Waals surface area contributed by atoms with Gasteiger partial charge in [0.2, 0.25) is 0 Å². The average Bonchev–Trinajstić information content (AvgIpc) is 3.27. The Morgan fingerprint density at radius 2 is 1.58 bits per heavy atom. The van der Waals surface area contributed by atoms with Crippen LogP contribution in [0, 0.1) is 12.7 Å². The van der Waals surface area contributed by atoms with Crippen LogP contribution in [0.25, 0.3) is 17.0 Å². The van der Waals surface area contributed by atoms with Crippen molar-refractivity contribution in [2.24, 2.45) is 0 Å². The maximum atomic E-state index is 13.1. The Morgan fingerprint density at radius 3 is 2.32 bits per heavy atom. The van der Waals surface area contributed by atoms with Crippen LogP contribution < -0.4 is 9.47 Å². The molecule has 5 nitrogen and oxygen atoms in total. The Bertz CT molecular complexity index is 1620. The molecule has 0 bridgehead atoms. The summed E-state index contributed by atoms with van der Waals surface area (Å²) >= 11 is 0. The SMILES string of the molecule is Cc1oc2ccc(OCc3ccccc3)cc2c1C(=O)Oc1ccc(C(=O)/C=C/c2ccc(F)cc2)cc1. The molecule has 0 saturated heterocycles.